The van der Waals surface area contributed by atoms with Gasteiger partial charge in [0.25, 0.3) is 5.91 Å². The fraction of sp³-hybridized carbons (Fsp3) is 0.176. The molecule has 0 fully saturated rings. The van der Waals surface area contributed by atoms with Gasteiger partial charge in [0.05, 0.1) is 11.1 Å². The zero-order chi connectivity index (χ0) is 17.3. The summed E-state index contributed by atoms with van der Waals surface area (Å²) in [4.78, 5) is 23.5. The number of alkyl halides is 3. The summed E-state index contributed by atoms with van der Waals surface area (Å²) in [6.07, 6.45) is -3.75. The molecule has 2 aromatic rings. The number of benzene rings is 2. The van der Waals surface area contributed by atoms with Crippen LogP contribution in [0.5, 0.6) is 0 Å². The van der Waals surface area contributed by atoms with E-state index in [1.54, 1.807) is 18.2 Å². The second-order valence-corrected chi connectivity index (χ2v) is 5.42. The van der Waals surface area contributed by atoms with Gasteiger partial charge in [-0.2, -0.15) is 13.2 Å². The van der Waals surface area contributed by atoms with Crippen molar-refractivity contribution in [1.82, 2.24) is 0 Å². The van der Waals surface area contributed by atoms with E-state index in [0.717, 1.165) is 17.7 Å². The molecule has 0 bridgehead atoms. The quantitative estimate of drug-likeness (QED) is 0.877. The van der Waals surface area contributed by atoms with E-state index in [9.17, 15) is 22.8 Å². The van der Waals surface area contributed by atoms with Gasteiger partial charge in [0.1, 0.15) is 0 Å². The number of nitrogens with one attached hydrogen (secondary N) is 2. The van der Waals surface area contributed by atoms with Gasteiger partial charge in [0, 0.05) is 17.8 Å². The number of anilines is 2. The molecule has 7 heteroatoms. The third-order valence-electron chi connectivity index (χ3n) is 3.74. The van der Waals surface area contributed by atoms with E-state index in [-0.39, 0.29) is 5.91 Å². The van der Waals surface area contributed by atoms with Crippen molar-refractivity contribution in [2.45, 2.75) is 19.0 Å². The van der Waals surface area contributed by atoms with E-state index in [4.69, 9.17) is 0 Å². The number of carbonyl (C=O) groups is 2. The minimum absolute atomic E-state index is 0.0848. The van der Waals surface area contributed by atoms with Gasteiger partial charge in [-0.05, 0) is 42.3 Å². The molecule has 2 amide bonds. The summed E-state index contributed by atoms with van der Waals surface area (Å²) in [6, 6.07) is 9.45. The zero-order valence-corrected chi connectivity index (χ0v) is 12.4. The Kier molecular flexibility index (Phi) is 4.01. The predicted molar refractivity (Wildman–Crippen MR) is 82.8 cm³/mol. The Morgan fingerprint density at radius 3 is 2.58 bits per heavy atom. The van der Waals surface area contributed by atoms with E-state index < -0.39 is 23.2 Å². The smallest absolute Gasteiger partial charge is 0.326 e. The van der Waals surface area contributed by atoms with Crippen LogP contribution in [0.15, 0.2) is 42.5 Å². The highest BCUT2D eigenvalue weighted by molar-refractivity contribution is 6.05. The van der Waals surface area contributed by atoms with Gasteiger partial charge in [-0.15, -0.1) is 0 Å². The molecule has 0 spiro atoms. The van der Waals surface area contributed by atoms with Crippen molar-refractivity contribution in [3.05, 3.63) is 59.2 Å². The molecule has 0 aromatic heterocycles. The highest BCUT2D eigenvalue weighted by Crippen LogP contribution is 2.32. The van der Waals surface area contributed by atoms with Crippen LogP contribution in [-0.2, 0) is 17.4 Å². The Morgan fingerprint density at radius 2 is 1.83 bits per heavy atom. The van der Waals surface area contributed by atoms with Crippen molar-refractivity contribution in [3.63, 3.8) is 0 Å². The summed E-state index contributed by atoms with van der Waals surface area (Å²) in [6.45, 7) is 0. The van der Waals surface area contributed by atoms with Gasteiger partial charge in [0.15, 0.2) is 0 Å². The second kappa shape index (κ2) is 5.99. The van der Waals surface area contributed by atoms with Crippen LogP contribution in [0.3, 0.4) is 0 Å². The Balaban J connectivity index is 1.85. The van der Waals surface area contributed by atoms with Gasteiger partial charge < -0.3 is 10.6 Å². The first-order valence-electron chi connectivity index (χ1n) is 7.25. The molecule has 1 aliphatic rings. The summed E-state index contributed by atoms with van der Waals surface area (Å²) in [5, 5.41) is 5.18. The van der Waals surface area contributed by atoms with Crippen molar-refractivity contribution in [2.75, 3.05) is 10.6 Å². The summed E-state index contributed by atoms with van der Waals surface area (Å²) in [5.41, 5.74) is 0.451. The van der Waals surface area contributed by atoms with E-state index in [1.807, 2.05) is 0 Å². The van der Waals surface area contributed by atoms with Crippen molar-refractivity contribution in [1.29, 1.82) is 0 Å². The number of amides is 2. The first-order valence-corrected chi connectivity index (χ1v) is 7.25. The lowest BCUT2D eigenvalue weighted by atomic mass is 10.0. The zero-order valence-electron chi connectivity index (χ0n) is 12.4. The van der Waals surface area contributed by atoms with Crippen LogP contribution in [0.25, 0.3) is 0 Å². The largest absolute Gasteiger partial charge is 0.417 e. The molecule has 1 aliphatic heterocycles. The minimum atomic E-state index is -4.60. The number of carbonyl (C=O) groups excluding carboxylic acids is 2. The standard InChI is InChI=1S/C17H13F3N2O2/c18-17(19,20)13-4-2-1-3-12(13)16(24)21-11-6-7-14-10(9-11)5-8-15(23)22-14/h1-4,6-7,9H,5,8H2,(H,21,24)(H,22,23). The van der Waals surface area contributed by atoms with Crippen LogP contribution in [0, 0.1) is 0 Å². The summed E-state index contributed by atoms with van der Waals surface area (Å²) < 4.78 is 39.0. The summed E-state index contributed by atoms with van der Waals surface area (Å²) in [5.74, 6) is -0.916. The molecule has 24 heavy (non-hydrogen) atoms. The molecule has 3 rings (SSSR count). The monoisotopic (exact) mass is 334 g/mol. The fourth-order valence-electron chi connectivity index (χ4n) is 2.59. The Bertz CT molecular complexity index is 816. The molecule has 0 unspecified atom stereocenters. The average Bonchev–Trinajstić information content (AvgIpc) is 2.54. The van der Waals surface area contributed by atoms with Crippen LogP contribution in [0.2, 0.25) is 0 Å². The molecule has 0 saturated heterocycles. The lowest BCUT2D eigenvalue weighted by Gasteiger charge is -2.18. The van der Waals surface area contributed by atoms with Gasteiger partial charge >= 0.3 is 6.18 Å². The molecule has 0 saturated carbocycles. The molecule has 124 valence electrons. The number of hydrogen-bond acceptors (Lipinski definition) is 2. The maximum Gasteiger partial charge on any atom is 0.417 e. The minimum Gasteiger partial charge on any atom is -0.326 e. The van der Waals surface area contributed by atoms with E-state index in [0.29, 0.717) is 24.2 Å². The van der Waals surface area contributed by atoms with E-state index in [1.165, 1.54) is 12.1 Å². The van der Waals surface area contributed by atoms with E-state index in [2.05, 4.69) is 10.6 Å². The molecule has 0 aliphatic carbocycles. The molecule has 2 N–H and O–H groups in total. The third kappa shape index (κ3) is 3.24. The van der Waals surface area contributed by atoms with Gasteiger partial charge in [-0.3, -0.25) is 9.59 Å². The molecular formula is C17H13F3N2O2. The van der Waals surface area contributed by atoms with Crippen LogP contribution < -0.4 is 10.6 Å². The summed E-state index contributed by atoms with van der Waals surface area (Å²) >= 11 is 0. The number of fused-ring (bicyclic) bond motifs is 1. The number of halogens is 3. The molecule has 2 aromatic carbocycles. The van der Waals surface area contributed by atoms with Crippen LogP contribution >= 0.6 is 0 Å². The predicted octanol–water partition coefficient (Wildman–Crippen LogP) is 3.84. The lowest BCUT2D eigenvalue weighted by molar-refractivity contribution is -0.137. The molecule has 0 atom stereocenters. The number of aryl methyl sites for hydroxylation is 1. The van der Waals surface area contributed by atoms with Crippen LogP contribution in [0.4, 0.5) is 24.5 Å². The van der Waals surface area contributed by atoms with Crippen molar-refractivity contribution in [2.24, 2.45) is 0 Å². The topological polar surface area (TPSA) is 58.2 Å². The highest BCUT2D eigenvalue weighted by Gasteiger charge is 2.34. The lowest BCUT2D eigenvalue weighted by Crippen LogP contribution is -2.20. The number of hydrogen-bond donors (Lipinski definition) is 2. The Hall–Kier alpha value is -2.83. The van der Waals surface area contributed by atoms with Crippen molar-refractivity contribution < 1.29 is 22.8 Å². The first kappa shape index (κ1) is 16.0. The normalized spacial score (nSPS) is 13.9. The third-order valence-corrected chi connectivity index (χ3v) is 3.74. The molecule has 0 radical (unpaired) electrons. The average molecular weight is 334 g/mol. The van der Waals surface area contributed by atoms with Gasteiger partial charge in [-0.1, -0.05) is 12.1 Å². The second-order valence-electron chi connectivity index (χ2n) is 5.42. The molecule has 1 heterocycles. The van der Waals surface area contributed by atoms with Gasteiger partial charge in [-0.25, -0.2) is 0 Å². The van der Waals surface area contributed by atoms with Crippen LogP contribution in [0.1, 0.15) is 27.9 Å². The first-order chi connectivity index (χ1) is 11.3. The van der Waals surface area contributed by atoms with Gasteiger partial charge in [0.2, 0.25) is 5.91 Å². The SMILES string of the molecule is O=C1CCc2cc(NC(=O)c3ccccc3C(F)(F)F)ccc2N1. The Morgan fingerprint density at radius 1 is 1.08 bits per heavy atom. The number of rotatable bonds is 2. The molecular weight excluding hydrogens is 321 g/mol. The Labute approximate surface area is 135 Å². The molecule has 4 nitrogen and oxygen atoms in total. The maximum atomic E-state index is 13.0. The highest BCUT2D eigenvalue weighted by atomic mass is 19.4. The maximum absolute atomic E-state index is 13.0. The van der Waals surface area contributed by atoms with Crippen molar-refractivity contribution >= 4 is 23.2 Å². The summed E-state index contributed by atoms with van der Waals surface area (Å²) in [7, 11) is 0. The van der Waals surface area contributed by atoms with Crippen LogP contribution in [-0.4, -0.2) is 11.8 Å². The fourth-order valence-corrected chi connectivity index (χ4v) is 2.59. The van der Waals surface area contributed by atoms with Crippen molar-refractivity contribution in [3.8, 4) is 0 Å². The van der Waals surface area contributed by atoms with E-state index >= 15 is 0 Å².